The van der Waals surface area contributed by atoms with E-state index in [2.05, 4.69) is 46.1 Å². The summed E-state index contributed by atoms with van der Waals surface area (Å²) in [6.45, 7) is 7.19. The summed E-state index contributed by atoms with van der Waals surface area (Å²) in [6.07, 6.45) is 11.7. The number of nitrogens with zero attached hydrogens (tertiary/aromatic N) is 3. The van der Waals surface area contributed by atoms with E-state index in [0.717, 1.165) is 49.3 Å². The summed E-state index contributed by atoms with van der Waals surface area (Å²) >= 11 is 0. The van der Waals surface area contributed by atoms with Gasteiger partial charge in [0, 0.05) is 25.5 Å². The third-order valence-corrected chi connectivity index (χ3v) is 6.36. The van der Waals surface area contributed by atoms with E-state index in [1.807, 2.05) is 19.3 Å². The summed E-state index contributed by atoms with van der Waals surface area (Å²) in [5.41, 5.74) is 3.01. The molecular weight excluding hydrogens is 334 g/mol. The van der Waals surface area contributed by atoms with Crippen molar-refractivity contribution in [3.8, 4) is 5.75 Å². The minimum Gasteiger partial charge on any atom is -0.494 e. The van der Waals surface area contributed by atoms with E-state index in [-0.39, 0.29) is 0 Å². The van der Waals surface area contributed by atoms with Crippen molar-refractivity contribution in [2.75, 3.05) is 24.6 Å². The summed E-state index contributed by atoms with van der Waals surface area (Å²) in [5, 5.41) is 0. The molecule has 4 rings (SSSR count). The van der Waals surface area contributed by atoms with Crippen LogP contribution in [0.2, 0.25) is 0 Å². The molecule has 144 valence electrons. The largest absolute Gasteiger partial charge is 0.494 e. The number of benzene rings is 1. The molecule has 27 heavy (non-hydrogen) atoms. The molecule has 2 aromatic rings. The molecule has 2 fully saturated rings. The zero-order chi connectivity index (χ0) is 18.7. The first kappa shape index (κ1) is 18.3. The van der Waals surface area contributed by atoms with Gasteiger partial charge in [0.2, 0.25) is 5.95 Å². The van der Waals surface area contributed by atoms with Crippen molar-refractivity contribution < 1.29 is 4.74 Å². The molecule has 0 bridgehead atoms. The monoisotopic (exact) mass is 365 g/mol. The Bertz CT molecular complexity index is 725. The number of anilines is 1. The molecular formula is C23H31N3O. The first-order chi connectivity index (χ1) is 13.1. The summed E-state index contributed by atoms with van der Waals surface area (Å²) in [6, 6.07) is 8.36. The molecule has 4 nitrogen and oxygen atoms in total. The van der Waals surface area contributed by atoms with E-state index < -0.39 is 0 Å². The van der Waals surface area contributed by atoms with Crippen molar-refractivity contribution in [1.29, 1.82) is 0 Å². The Balaban J connectivity index is 1.14. The van der Waals surface area contributed by atoms with Gasteiger partial charge < -0.3 is 9.64 Å². The summed E-state index contributed by atoms with van der Waals surface area (Å²) in [5.74, 6) is 2.80. The molecule has 0 unspecified atom stereocenters. The van der Waals surface area contributed by atoms with E-state index in [1.165, 1.54) is 37.7 Å². The predicted molar refractivity (Wildman–Crippen MR) is 109 cm³/mol. The first-order valence-electron chi connectivity index (χ1n) is 10.4. The van der Waals surface area contributed by atoms with Crippen LogP contribution in [-0.2, 0) is 0 Å². The third-order valence-electron chi connectivity index (χ3n) is 6.36. The Labute approximate surface area is 163 Å². The summed E-state index contributed by atoms with van der Waals surface area (Å²) in [4.78, 5) is 11.3. The Hall–Kier alpha value is -2.10. The molecule has 1 spiro atoms. The van der Waals surface area contributed by atoms with E-state index in [1.54, 1.807) is 0 Å². The van der Waals surface area contributed by atoms with Crippen LogP contribution in [0.25, 0.3) is 0 Å². The van der Waals surface area contributed by atoms with Crippen LogP contribution in [-0.4, -0.2) is 29.7 Å². The maximum absolute atomic E-state index is 5.87. The van der Waals surface area contributed by atoms with Crippen molar-refractivity contribution in [2.24, 2.45) is 11.3 Å². The number of piperidine rings is 1. The standard InChI is InChI=1S/C23H31N3O/c1-18-5-7-21(8-6-18)27-13-3-4-20-14-23(15-20)9-11-26(12-10-23)22-24-16-19(2)17-25-22/h5-8,16-17,20H,3-4,9-15H2,1-2H3. The number of hydrogen-bond donors (Lipinski definition) is 0. The molecule has 4 heteroatoms. The van der Waals surface area contributed by atoms with Crippen LogP contribution in [0.1, 0.15) is 49.7 Å². The molecule has 1 saturated heterocycles. The molecule has 2 heterocycles. The zero-order valence-electron chi connectivity index (χ0n) is 16.7. The Morgan fingerprint density at radius 3 is 2.33 bits per heavy atom. The highest BCUT2D eigenvalue weighted by Gasteiger charge is 2.45. The SMILES string of the molecule is Cc1ccc(OCCCC2CC3(CCN(c4ncc(C)cn4)CC3)C2)cc1. The summed E-state index contributed by atoms with van der Waals surface area (Å²) < 4.78 is 5.87. The van der Waals surface area contributed by atoms with E-state index in [0.29, 0.717) is 5.41 Å². The van der Waals surface area contributed by atoms with Crippen LogP contribution < -0.4 is 9.64 Å². The van der Waals surface area contributed by atoms with Gasteiger partial charge in [0.15, 0.2) is 0 Å². The first-order valence-corrected chi connectivity index (χ1v) is 10.4. The fourth-order valence-corrected chi connectivity index (χ4v) is 4.70. The van der Waals surface area contributed by atoms with Crippen molar-refractivity contribution in [1.82, 2.24) is 9.97 Å². The lowest BCUT2D eigenvalue weighted by Gasteiger charge is -2.52. The average Bonchev–Trinajstić information content (AvgIpc) is 2.66. The van der Waals surface area contributed by atoms with Gasteiger partial charge in [-0.05, 0) is 81.4 Å². The minimum absolute atomic E-state index is 0.601. The molecule has 1 aliphatic carbocycles. The van der Waals surface area contributed by atoms with Gasteiger partial charge in [-0.15, -0.1) is 0 Å². The second kappa shape index (κ2) is 7.87. The van der Waals surface area contributed by atoms with E-state index in [9.17, 15) is 0 Å². The minimum atomic E-state index is 0.601. The normalized spacial score (nSPS) is 19.1. The predicted octanol–water partition coefficient (Wildman–Crippen LogP) is 4.95. The van der Waals surface area contributed by atoms with Crippen LogP contribution in [0.3, 0.4) is 0 Å². The molecule has 1 aromatic heterocycles. The van der Waals surface area contributed by atoms with Gasteiger partial charge >= 0.3 is 0 Å². The lowest BCUT2D eigenvalue weighted by atomic mass is 9.56. The molecule has 1 aliphatic heterocycles. The van der Waals surface area contributed by atoms with Gasteiger partial charge in [-0.25, -0.2) is 9.97 Å². The second-order valence-corrected chi connectivity index (χ2v) is 8.63. The van der Waals surface area contributed by atoms with Gasteiger partial charge in [-0.3, -0.25) is 0 Å². The van der Waals surface area contributed by atoms with Crippen molar-refractivity contribution >= 4 is 5.95 Å². The van der Waals surface area contributed by atoms with Gasteiger partial charge in [-0.1, -0.05) is 17.7 Å². The van der Waals surface area contributed by atoms with E-state index in [4.69, 9.17) is 4.74 Å². The molecule has 0 atom stereocenters. The topological polar surface area (TPSA) is 38.2 Å². The highest BCUT2D eigenvalue weighted by Crippen LogP contribution is 2.54. The summed E-state index contributed by atoms with van der Waals surface area (Å²) in [7, 11) is 0. The highest BCUT2D eigenvalue weighted by atomic mass is 16.5. The second-order valence-electron chi connectivity index (χ2n) is 8.63. The molecule has 0 radical (unpaired) electrons. The number of ether oxygens (including phenoxy) is 1. The smallest absolute Gasteiger partial charge is 0.225 e. The van der Waals surface area contributed by atoms with Gasteiger partial charge in [0.25, 0.3) is 0 Å². The van der Waals surface area contributed by atoms with Gasteiger partial charge in [0.1, 0.15) is 5.75 Å². The third kappa shape index (κ3) is 4.42. The van der Waals surface area contributed by atoms with Gasteiger partial charge in [0.05, 0.1) is 6.61 Å². The fraction of sp³-hybridized carbons (Fsp3) is 0.565. The van der Waals surface area contributed by atoms with Crippen molar-refractivity contribution in [3.05, 3.63) is 47.8 Å². The van der Waals surface area contributed by atoms with E-state index >= 15 is 0 Å². The average molecular weight is 366 g/mol. The fourth-order valence-electron chi connectivity index (χ4n) is 4.70. The van der Waals surface area contributed by atoms with Crippen LogP contribution in [0, 0.1) is 25.2 Å². The number of hydrogen-bond acceptors (Lipinski definition) is 4. The molecule has 1 aromatic carbocycles. The Morgan fingerprint density at radius 2 is 1.67 bits per heavy atom. The lowest BCUT2D eigenvalue weighted by molar-refractivity contribution is 0.0205. The number of rotatable bonds is 6. The van der Waals surface area contributed by atoms with Crippen molar-refractivity contribution in [3.63, 3.8) is 0 Å². The maximum atomic E-state index is 5.87. The van der Waals surface area contributed by atoms with Crippen LogP contribution in [0.4, 0.5) is 5.95 Å². The molecule has 2 aliphatic rings. The lowest BCUT2D eigenvalue weighted by Crippen LogP contribution is -2.47. The number of aromatic nitrogens is 2. The highest BCUT2D eigenvalue weighted by molar-refractivity contribution is 5.31. The molecule has 0 amide bonds. The Morgan fingerprint density at radius 1 is 1.00 bits per heavy atom. The van der Waals surface area contributed by atoms with Crippen LogP contribution in [0.15, 0.2) is 36.7 Å². The quantitative estimate of drug-likeness (QED) is 0.679. The van der Waals surface area contributed by atoms with Crippen LogP contribution >= 0.6 is 0 Å². The van der Waals surface area contributed by atoms with Crippen LogP contribution in [0.5, 0.6) is 5.75 Å². The maximum Gasteiger partial charge on any atom is 0.225 e. The molecule has 0 N–H and O–H groups in total. The van der Waals surface area contributed by atoms with Gasteiger partial charge in [-0.2, -0.15) is 0 Å². The van der Waals surface area contributed by atoms with Crippen molar-refractivity contribution in [2.45, 2.75) is 52.4 Å². The number of aryl methyl sites for hydroxylation is 2. The Kier molecular flexibility index (Phi) is 5.33. The zero-order valence-corrected chi connectivity index (χ0v) is 16.7. The molecule has 1 saturated carbocycles.